The van der Waals surface area contributed by atoms with Gasteiger partial charge in [0, 0.05) is 25.2 Å². The molecule has 0 bridgehead atoms. The minimum absolute atomic E-state index is 0.0104. The van der Waals surface area contributed by atoms with E-state index in [4.69, 9.17) is 10.5 Å². The van der Waals surface area contributed by atoms with E-state index in [1.54, 1.807) is 19.2 Å². The first-order valence-electron chi connectivity index (χ1n) is 12.3. The largest absolute Gasteiger partial charge is 0.493 e. The number of nitrogen functional groups attached to an aromatic ring is 1. The van der Waals surface area contributed by atoms with Crippen LogP contribution in [0.2, 0.25) is 0 Å². The molecule has 1 aromatic carbocycles. The number of ether oxygens (including phenoxy) is 1. The zero-order chi connectivity index (χ0) is 27.7. The smallest absolute Gasteiger partial charge is 0.281 e. The summed E-state index contributed by atoms with van der Waals surface area (Å²) in [6.45, 7) is 7.17. The predicted molar refractivity (Wildman–Crippen MR) is 144 cm³/mol. The Bertz CT molecular complexity index is 1460. The van der Waals surface area contributed by atoms with Crippen LogP contribution in [0.3, 0.4) is 0 Å². The van der Waals surface area contributed by atoms with Gasteiger partial charge in [-0.15, -0.1) is 0 Å². The maximum Gasteiger partial charge on any atom is 0.281 e. The molecule has 0 radical (unpaired) electrons. The number of anilines is 2. The lowest BCUT2D eigenvalue weighted by Crippen LogP contribution is -2.34. The fourth-order valence-corrected chi connectivity index (χ4v) is 4.90. The number of pyridine rings is 2. The number of nitrogens with one attached hydrogen (secondary N) is 1. The summed E-state index contributed by atoms with van der Waals surface area (Å²) in [5.74, 6) is -0.421. The number of hydrogen-bond acceptors (Lipinski definition) is 8. The number of nitrogens with two attached hydrogens (primary N) is 1. The zero-order valence-corrected chi connectivity index (χ0v) is 22.7. The highest BCUT2D eigenvalue weighted by molar-refractivity contribution is 7.90. The molecular formula is C27H32FN5O4S. The van der Waals surface area contributed by atoms with Gasteiger partial charge in [-0.05, 0) is 60.6 Å². The molecule has 0 spiro atoms. The van der Waals surface area contributed by atoms with Crippen LogP contribution in [0.15, 0.2) is 53.6 Å². The molecule has 0 saturated heterocycles. The maximum absolute atomic E-state index is 14.4. The lowest BCUT2D eigenvalue weighted by atomic mass is 10.1. The van der Waals surface area contributed by atoms with Gasteiger partial charge in [0.25, 0.3) is 15.9 Å². The molecule has 0 unspecified atom stereocenters. The van der Waals surface area contributed by atoms with Gasteiger partial charge < -0.3 is 15.4 Å². The monoisotopic (exact) mass is 541 g/mol. The molecular weight excluding hydrogens is 509 g/mol. The summed E-state index contributed by atoms with van der Waals surface area (Å²) >= 11 is 0. The Balaban J connectivity index is 1.70. The number of nitrogens with zero attached hydrogens (tertiary/aromatic N) is 3. The van der Waals surface area contributed by atoms with Crippen LogP contribution in [0.4, 0.5) is 16.0 Å². The average molecular weight is 542 g/mol. The Kier molecular flexibility index (Phi) is 7.59. The molecule has 9 nitrogen and oxygen atoms in total. The summed E-state index contributed by atoms with van der Waals surface area (Å²) < 4.78 is 47.9. The second-order valence-corrected chi connectivity index (χ2v) is 12.1. The van der Waals surface area contributed by atoms with Gasteiger partial charge in [0.15, 0.2) is 5.03 Å². The van der Waals surface area contributed by atoms with Crippen LogP contribution >= 0.6 is 0 Å². The van der Waals surface area contributed by atoms with Crippen molar-refractivity contribution in [3.63, 3.8) is 0 Å². The molecule has 1 saturated carbocycles. The molecule has 0 atom stereocenters. The lowest BCUT2D eigenvalue weighted by molar-refractivity contribution is 0.0981. The van der Waals surface area contributed by atoms with Gasteiger partial charge in [-0.25, -0.2) is 19.1 Å². The zero-order valence-electron chi connectivity index (χ0n) is 21.9. The topological polar surface area (TPSA) is 128 Å². The Morgan fingerprint density at radius 3 is 2.58 bits per heavy atom. The SMILES string of the molecule is CC(C)COc1cc(F)cc(-c2ccc(C(=O)NS(=O)(=O)c3cccc(N)n3)c(N(C)CC3(C)CC3)n2)c1. The van der Waals surface area contributed by atoms with Gasteiger partial charge in [-0.1, -0.05) is 26.8 Å². The van der Waals surface area contributed by atoms with Crippen LogP contribution in [0.5, 0.6) is 5.75 Å². The Hall–Kier alpha value is -3.73. The van der Waals surface area contributed by atoms with Crippen molar-refractivity contribution >= 4 is 27.6 Å². The quantitative estimate of drug-likeness (QED) is 0.390. The number of hydrogen-bond donors (Lipinski definition) is 2. The Labute approximate surface area is 222 Å². The number of benzene rings is 1. The third-order valence-electron chi connectivity index (χ3n) is 6.20. The number of carbonyl (C=O) groups is 1. The second kappa shape index (κ2) is 10.6. The normalized spacial score (nSPS) is 14.3. The summed E-state index contributed by atoms with van der Waals surface area (Å²) in [4.78, 5) is 23.5. The summed E-state index contributed by atoms with van der Waals surface area (Å²) in [5, 5.41) is -0.371. The van der Waals surface area contributed by atoms with Gasteiger partial charge in [0.2, 0.25) is 0 Å². The van der Waals surface area contributed by atoms with Crippen molar-refractivity contribution in [3.8, 4) is 17.0 Å². The molecule has 1 amide bonds. The molecule has 1 fully saturated rings. The fourth-order valence-electron chi connectivity index (χ4n) is 3.96. The number of carbonyl (C=O) groups excluding carboxylic acids is 1. The van der Waals surface area contributed by atoms with Gasteiger partial charge in [0.05, 0.1) is 17.9 Å². The number of amides is 1. The van der Waals surface area contributed by atoms with Gasteiger partial charge in [-0.2, -0.15) is 8.42 Å². The van der Waals surface area contributed by atoms with Crippen LogP contribution in [0.1, 0.15) is 44.0 Å². The number of rotatable bonds is 10. The average Bonchev–Trinajstić information content (AvgIpc) is 3.58. The van der Waals surface area contributed by atoms with Crippen molar-refractivity contribution in [1.29, 1.82) is 0 Å². The van der Waals surface area contributed by atoms with Crippen molar-refractivity contribution in [2.24, 2.45) is 11.3 Å². The first kappa shape index (κ1) is 27.3. The van der Waals surface area contributed by atoms with Gasteiger partial charge in [-0.3, -0.25) is 4.79 Å². The van der Waals surface area contributed by atoms with E-state index in [0.29, 0.717) is 30.2 Å². The minimum atomic E-state index is -4.29. The highest BCUT2D eigenvalue weighted by Gasteiger charge is 2.39. The standard InChI is InChI=1S/C27H32FN5O4S/c1-17(2)15-37-20-13-18(12-19(28)14-20)22-9-8-21(25(30-22)33(4)16-27(3)10-11-27)26(34)32-38(35,36)24-7-5-6-23(29)31-24/h5-9,12-14,17H,10-11,15-16H2,1-4H3,(H2,29,31)(H,32,34). The third kappa shape index (κ3) is 6.58. The molecule has 4 rings (SSSR count). The molecule has 2 heterocycles. The lowest BCUT2D eigenvalue weighted by Gasteiger charge is -2.25. The number of halogens is 1. The highest BCUT2D eigenvalue weighted by Crippen LogP contribution is 2.46. The molecule has 11 heteroatoms. The molecule has 1 aliphatic rings. The number of sulfonamides is 1. The summed E-state index contributed by atoms with van der Waals surface area (Å²) in [7, 11) is -2.49. The highest BCUT2D eigenvalue weighted by atomic mass is 32.2. The van der Waals surface area contributed by atoms with E-state index >= 15 is 0 Å². The van der Waals surface area contributed by atoms with E-state index in [9.17, 15) is 17.6 Å². The van der Waals surface area contributed by atoms with Crippen LogP contribution in [-0.2, 0) is 10.0 Å². The van der Waals surface area contributed by atoms with E-state index in [-0.39, 0.29) is 33.6 Å². The molecule has 202 valence electrons. The van der Waals surface area contributed by atoms with Crippen molar-refractivity contribution < 1.29 is 22.3 Å². The summed E-state index contributed by atoms with van der Waals surface area (Å²) in [6.07, 6.45) is 2.07. The van der Waals surface area contributed by atoms with Crippen LogP contribution in [0.25, 0.3) is 11.3 Å². The van der Waals surface area contributed by atoms with E-state index in [1.165, 1.54) is 36.4 Å². The molecule has 3 N–H and O–H groups in total. The molecule has 38 heavy (non-hydrogen) atoms. The van der Waals surface area contributed by atoms with Crippen molar-refractivity contribution in [1.82, 2.24) is 14.7 Å². The van der Waals surface area contributed by atoms with Gasteiger partial charge in [0.1, 0.15) is 23.2 Å². The second-order valence-electron chi connectivity index (χ2n) is 10.5. The fraction of sp³-hybridized carbons (Fsp3) is 0.370. The van der Waals surface area contributed by atoms with Crippen LogP contribution in [-0.4, -0.2) is 44.5 Å². The first-order valence-corrected chi connectivity index (χ1v) is 13.8. The van der Waals surface area contributed by atoms with Crippen LogP contribution < -0.4 is 20.1 Å². The van der Waals surface area contributed by atoms with Crippen molar-refractivity contribution in [2.75, 3.05) is 30.8 Å². The molecule has 0 aliphatic heterocycles. The van der Waals surface area contributed by atoms with Crippen LogP contribution in [0, 0.1) is 17.2 Å². The maximum atomic E-state index is 14.4. The summed E-state index contributed by atoms with van der Waals surface area (Å²) in [5.41, 5.74) is 6.63. The van der Waals surface area contributed by atoms with E-state index in [1.807, 2.05) is 18.7 Å². The van der Waals surface area contributed by atoms with Crippen molar-refractivity contribution in [2.45, 2.75) is 38.6 Å². The van der Waals surface area contributed by atoms with Crippen molar-refractivity contribution in [3.05, 3.63) is 59.9 Å². The molecule has 1 aliphatic carbocycles. The van der Waals surface area contributed by atoms with Gasteiger partial charge >= 0.3 is 0 Å². The molecule has 2 aromatic heterocycles. The predicted octanol–water partition coefficient (Wildman–Crippen LogP) is 4.25. The van der Waals surface area contributed by atoms with E-state index in [0.717, 1.165) is 12.8 Å². The first-order chi connectivity index (χ1) is 17.8. The van der Waals surface area contributed by atoms with E-state index in [2.05, 4.69) is 21.6 Å². The summed E-state index contributed by atoms with van der Waals surface area (Å²) in [6, 6.07) is 11.5. The van der Waals surface area contributed by atoms with E-state index < -0.39 is 21.7 Å². The third-order valence-corrected chi connectivity index (χ3v) is 7.43. The molecule has 3 aromatic rings. The number of aromatic nitrogens is 2. The Morgan fingerprint density at radius 1 is 1.18 bits per heavy atom. The minimum Gasteiger partial charge on any atom is -0.493 e. The Morgan fingerprint density at radius 2 is 1.92 bits per heavy atom.